The summed E-state index contributed by atoms with van der Waals surface area (Å²) in [4.78, 5) is 0. The van der Waals surface area contributed by atoms with Crippen molar-refractivity contribution < 1.29 is 8.42 Å². The van der Waals surface area contributed by atoms with Gasteiger partial charge in [0, 0.05) is 19.6 Å². The minimum Gasteiger partial charge on any atom is -0.316 e. The zero-order chi connectivity index (χ0) is 9.73. The molecule has 5 heteroatoms. The van der Waals surface area contributed by atoms with Crippen LogP contribution in [0.1, 0.15) is 19.8 Å². The van der Waals surface area contributed by atoms with Gasteiger partial charge in [-0.2, -0.15) is 0 Å². The van der Waals surface area contributed by atoms with Crippen molar-refractivity contribution in [3.8, 4) is 0 Å². The summed E-state index contributed by atoms with van der Waals surface area (Å²) in [5, 5.41) is 3.13. The summed E-state index contributed by atoms with van der Waals surface area (Å²) in [6, 6.07) is 0. The predicted octanol–water partition coefficient (Wildman–Crippen LogP) is 0.0215. The topological polar surface area (TPSA) is 49.4 Å². The molecule has 4 nitrogen and oxygen atoms in total. The molecular formula is C8H18N2O2S. The molecule has 1 heterocycles. The number of sulfonamides is 1. The Morgan fingerprint density at radius 2 is 2.15 bits per heavy atom. The van der Waals surface area contributed by atoms with Gasteiger partial charge >= 0.3 is 0 Å². The third-order valence-corrected chi connectivity index (χ3v) is 4.20. The van der Waals surface area contributed by atoms with Gasteiger partial charge in [-0.25, -0.2) is 12.7 Å². The Hall–Kier alpha value is -0.130. The first kappa shape index (κ1) is 10.9. The van der Waals surface area contributed by atoms with Crippen LogP contribution in [0.25, 0.3) is 0 Å². The molecule has 0 unspecified atom stereocenters. The molecule has 1 N–H and O–H groups in total. The van der Waals surface area contributed by atoms with Gasteiger partial charge in [-0.1, -0.05) is 6.92 Å². The van der Waals surface area contributed by atoms with Crippen LogP contribution < -0.4 is 5.32 Å². The van der Waals surface area contributed by atoms with E-state index in [-0.39, 0.29) is 0 Å². The van der Waals surface area contributed by atoms with Crippen molar-refractivity contribution in [3.63, 3.8) is 0 Å². The van der Waals surface area contributed by atoms with Crippen LogP contribution in [0, 0.1) is 0 Å². The van der Waals surface area contributed by atoms with E-state index in [0.29, 0.717) is 18.8 Å². The van der Waals surface area contributed by atoms with E-state index in [0.717, 1.165) is 25.9 Å². The number of likely N-dealkylation sites (N-methyl/N-ethyl adjacent to an activating group) is 1. The molecule has 1 aliphatic rings. The predicted molar refractivity (Wildman–Crippen MR) is 53.1 cm³/mol. The van der Waals surface area contributed by atoms with Gasteiger partial charge in [0.15, 0.2) is 0 Å². The average molecular weight is 206 g/mol. The standard InChI is InChI=1S/C8H18N2O2S/c1-2-9-5-7-10-6-3-4-8-13(10,11)12/h9H,2-8H2,1H3. The zero-order valence-corrected chi connectivity index (χ0v) is 8.94. The minimum atomic E-state index is -2.91. The van der Waals surface area contributed by atoms with Crippen molar-refractivity contribution in [1.82, 2.24) is 9.62 Å². The molecular weight excluding hydrogens is 188 g/mol. The highest BCUT2D eigenvalue weighted by Gasteiger charge is 2.24. The summed E-state index contributed by atoms with van der Waals surface area (Å²) in [6.07, 6.45) is 1.82. The van der Waals surface area contributed by atoms with Crippen molar-refractivity contribution in [2.75, 3.05) is 31.9 Å². The van der Waals surface area contributed by atoms with Crippen molar-refractivity contribution >= 4 is 10.0 Å². The maximum absolute atomic E-state index is 11.5. The molecule has 0 aromatic rings. The lowest BCUT2D eigenvalue weighted by molar-refractivity contribution is 0.380. The highest BCUT2D eigenvalue weighted by molar-refractivity contribution is 7.89. The van der Waals surface area contributed by atoms with E-state index in [1.165, 1.54) is 0 Å². The lowest BCUT2D eigenvalue weighted by Gasteiger charge is -2.26. The largest absolute Gasteiger partial charge is 0.316 e. The minimum absolute atomic E-state index is 0.332. The average Bonchev–Trinajstić information content (AvgIpc) is 2.08. The summed E-state index contributed by atoms with van der Waals surface area (Å²) < 4.78 is 24.5. The summed E-state index contributed by atoms with van der Waals surface area (Å²) in [7, 11) is -2.91. The van der Waals surface area contributed by atoms with Crippen molar-refractivity contribution in [3.05, 3.63) is 0 Å². The fraction of sp³-hybridized carbons (Fsp3) is 1.00. The van der Waals surface area contributed by atoms with E-state index in [9.17, 15) is 8.42 Å². The zero-order valence-electron chi connectivity index (χ0n) is 8.12. The van der Waals surface area contributed by atoms with Crippen molar-refractivity contribution in [2.24, 2.45) is 0 Å². The third-order valence-electron chi connectivity index (χ3n) is 2.24. The first-order valence-electron chi connectivity index (χ1n) is 4.85. The number of hydrogen-bond donors (Lipinski definition) is 1. The van der Waals surface area contributed by atoms with E-state index in [4.69, 9.17) is 0 Å². The highest BCUT2D eigenvalue weighted by atomic mass is 32.2. The summed E-state index contributed by atoms with van der Waals surface area (Å²) in [5.41, 5.74) is 0. The van der Waals surface area contributed by atoms with Crippen LogP contribution in [0.2, 0.25) is 0 Å². The Bertz CT molecular complexity index is 239. The Balaban J connectivity index is 2.38. The first-order valence-corrected chi connectivity index (χ1v) is 6.46. The Labute approximate surface area is 80.4 Å². The summed E-state index contributed by atoms with van der Waals surface area (Å²) in [5.74, 6) is 0.332. The number of nitrogens with zero attached hydrogens (tertiary/aromatic N) is 1. The maximum atomic E-state index is 11.5. The smallest absolute Gasteiger partial charge is 0.214 e. The maximum Gasteiger partial charge on any atom is 0.214 e. The van der Waals surface area contributed by atoms with Crippen LogP contribution in [-0.2, 0) is 10.0 Å². The molecule has 0 spiro atoms. The second kappa shape index (κ2) is 4.93. The second-order valence-electron chi connectivity index (χ2n) is 3.28. The van der Waals surface area contributed by atoms with Crippen LogP contribution in [0.15, 0.2) is 0 Å². The van der Waals surface area contributed by atoms with Gasteiger partial charge in [-0.15, -0.1) is 0 Å². The Kier molecular flexibility index (Phi) is 4.15. The van der Waals surface area contributed by atoms with Crippen LogP contribution in [0.4, 0.5) is 0 Å². The van der Waals surface area contributed by atoms with Gasteiger partial charge in [-0.05, 0) is 19.4 Å². The van der Waals surface area contributed by atoms with Gasteiger partial charge in [0.1, 0.15) is 0 Å². The molecule has 1 aliphatic heterocycles. The molecule has 0 aromatic heterocycles. The number of rotatable bonds is 4. The van der Waals surface area contributed by atoms with Crippen LogP contribution in [0.3, 0.4) is 0 Å². The van der Waals surface area contributed by atoms with Crippen LogP contribution in [0.5, 0.6) is 0 Å². The highest BCUT2D eigenvalue weighted by Crippen LogP contribution is 2.12. The Morgan fingerprint density at radius 1 is 1.38 bits per heavy atom. The fourth-order valence-corrected chi connectivity index (χ4v) is 3.08. The normalized spacial score (nSPS) is 23.2. The Morgan fingerprint density at radius 3 is 2.77 bits per heavy atom. The van der Waals surface area contributed by atoms with Crippen molar-refractivity contribution in [2.45, 2.75) is 19.8 Å². The monoisotopic (exact) mass is 206 g/mol. The van der Waals surface area contributed by atoms with Crippen LogP contribution >= 0.6 is 0 Å². The lowest BCUT2D eigenvalue weighted by atomic mass is 10.3. The molecule has 1 fully saturated rings. The SMILES string of the molecule is CCNCCN1CCCCS1(=O)=O. The van der Waals surface area contributed by atoms with E-state index in [1.54, 1.807) is 4.31 Å². The number of nitrogens with one attached hydrogen (secondary N) is 1. The molecule has 0 saturated carbocycles. The quantitative estimate of drug-likeness (QED) is 0.660. The number of hydrogen-bond acceptors (Lipinski definition) is 3. The van der Waals surface area contributed by atoms with Gasteiger partial charge in [0.2, 0.25) is 10.0 Å². The molecule has 0 atom stereocenters. The van der Waals surface area contributed by atoms with Crippen LogP contribution in [-0.4, -0.2) is 44.7 Å². The molecule has 13 heavy (non-hydrogen) atoms. The lowest BCUT2D eigenvalue weighted by Crippen LogP contribution is -2.41. The van der Waals surface area contributed by atoms with E-state index >= 15 is 0 Å². The third kappa shape index (κ3) is 3.25. The van der Waals surface area contributed by atoms with Gasteiger partial charge in [-0.3, -0.25) is 0 Å². The molecule has 0 radical (unpaired) electrons. The fourth-order valence-electron chi connectivity index (χ4n) is 1.47. The molecule has 0 bridgehead atoms. The molecule has 1 saturated heterocycles. The second-order valence-corrected chi connectivity index (χ2v) is 5.36. The molecule has 0 aliphatic carbocycles. The molecule has 78 valence electrons. The first-order chi connectivity index (χ1) is 6.17. The summed E-state index contributed by atoms with van der Waals surface area (Å²) >= 11 is 0. The van der Waals surface area contributed by atoms with Gasteiger partial charge in [0.25, 0.3) is 0 Å². The summed E-state index contributed by atoms with van der Waals surface area (Å²) in [6.45, 7) is 5.00. The molecule has 1 rings (SSSR count). The van der Waals surface area contributed by atoms with Gasteiger partial charge in [0.05, 0.1) is 5.75 Å². The van der Waals surface area contributed by atoms with E-state index in [2.05, 4.69) is 5.32 Å². The van der Waals surface area contributed by atoms with Gasteiger partial charge < -0.3 is 5.32 Å². The molecule has 0 amide bonds. The van der Waals surface area contributed by atoms with E-state index in [1.807, 2.05) is 6.92 Å². The van der Waals surface area contributed by atoms with Crippen molar-refractivity contribution in [1.29, 1.82) is 0 Å². The molecule has 0 aromatic carbocycles. The van der Waals surface area contributed by atoms with E-state index < -0.39 is 10.0 Å².